The van der Waals surface area contributed by atoms with E-state index < -0.39 is 0 Å². The van der Waals surface area contributed by atoms with E-state index in [-0.39, 0.29) is 16.7 Å². The number of hydrogen-bond acceptors (Lipinski definition) is 4. The Morgan fingerprint density at radius 3 is 3.00 bits per heavy atom. The van der Waals surface area contributed by atoms with Crippen molar-refractivity contribution >= 4 is 51.0 Å². The minimum Gasteiger partial charge on any atom is -0.506 e. The Kier molecular flexibility index (Phi) is 4.57. The zero-order chi connectivity index (χ0) is 13.8. The van der Waals surface area contributed by atoms with Crippen molar-refractivity contribution in [2.45, 2.75) is 0 Å². The first-order chi connectivity index (χ1) is 9.08. The van der Waals surface area contributed by atoms with E-state index in [1.54, 1.807) is 29.6 Å². The minimum absolute atomic E-state index is 0.0843. The number of benzene rings is 1. The fourth-order valence-electron chi connectivity index (χ4n) is 1.31. The lowest BCUT2D eigenvalue weighted by Gasteiger charge is -2.02. The summed E-state index contributed by atoms with van der Waals surface area (Å²) in [6.07, 6.45) is 1.33. The van der Waals surface area contributed by atoms with E-state index in [1.807, 2.05) is 0 Å². The monoisotopic (exact) mass is 358 g/mol. The molecule has 0 saturated heterocycles. The van der Waals surface area contributed by atoms with E-state index in [1.165, 1.54) is 17.6 Å². The Morgan fingerprint density at radius 2 is 2.32 bits per heavy atom. The minimum atomic E-state index is -0.299. The lowest BCUT2D eigenvalue weighted by atomic mass is 10.2. The van der Waals surface area contributed by atoms with Gasteiger partial charge in [0.05, 0.1) is 16.1 Å². The zero-order valence-electron chi connectivity index (χ0n) is 9.43. The van der Waals surface area contributed by atoms with Crippen LogP contribution in [0, 0.1) is 0 Å². The highest BCUT2D eigenvalue weighted by atomic mass is 79.9. The number of nitrogens with one attached hydrogen (secondary N) is 1. The maximum absolute atomic E-state index is 11.6. The summed E-state index contributed by atoms with van der Waals surface area (Å²) in [4.78, 5) is 12.2. The molecule has 0 aliphatic rings. The first-order valence-electron chi connectivity index (χ1n) is 5.13. The van der Waals surface area contributed by atoms with Gasteiger partial charge in [0.2, 0.25) is 0 Å². The summed E-state index contributed by atoms with van der Waals surface area (Å²) >= 11 is 10.4. The molecule has 1 amide bonds. The van der Waals surface area contributed by atoms with Crippen LogP contribution in [0.4, 0.5) is 0 Å². The van der Waals surface area contributed by atoms with Crippen molar-refractivity contribution in [1.82, 2.24) is 5.43 Å². The van der Waals surface area contributed by atoms with Crippen molar-refractivity contribution in [2.75, 3.05) is 0 Å². The summed E-state index contributed by atoms with van der Waals surface area (Å²) in [6.45, 7) is 0. The van der Waals surface area contributed by atoms with Crippen LogP contribution in [-0.2, 0) is 0 Å². The number of hydrazone groups is 1. The van der Waals surface area contributed by atoms with Gasteiger partial charge in [-0.1, -0.05) is 33.6 Å². The number of rotatable bonds is 3. The Morgan fingerprint density at radius 1 is 1.53 bits per heavy atom. The molecule has 19 heavy (non-hydrogen) atoms. The van der Waals surface area contributed by atoms with Crippen molar-refractivity contribution in [2.24, 2.45) is 5.10 Å². The van der Waals surface area contributed by atoms with Gasteiger partial charge in [-0.25, -0.2) is 5.43 Å². The SMILES string of the molecule is O=C(NN=Cc1cc(Br)cc(Cl)c1O)c1cccs1. The van der Waals surface area contributed by atoms with Crippen LogP contribution in [-0.4, -0.2) is 17.2 Å². The maximum atomic E-state index is 11.6. The normalized spacial score (nSPS) is 10.8. The van der Waals surface area contributed by atoms with Crippen molar-refractivity contribution < 1.29 is 9.90 Å². The first kappa shape index (κ1) is 14.0. The smallest absolute Gasteiger partial charge is 0.281 e. The largest absolute Gasteiger partial charge is 0.506 e. The molecule has 0 unspecified atom stereocenters. The standard InChI is InChI=1S/C12H8BrClN2O2S/c13-8-4-7(11(17)9(14)5-8)6-15-16-12(18)10-2-1-3-19-10/h1-6,17H,(H,16,18). The van der Waals surface area contributed by atoms with Crippen LogP contribution >= 0.6 is 38.9 Å². The van der Waals surface area contributed by atoms with Gasteiger partial charge in [0.25, 0.3) is 5.91 Å². The van der Waals surface area contributed by atoms with Gasteiger partial charge in [0.15, 0.2) is 0 Å². The summed E-state index contributed by atoms with van der Waals surface area (Å²) in [6, 6.07) is 6.69. The van der Waals surface area contributed by atoms with E-state index in [2.05, 4.69) is 26.5 Å². The molecule has 0 fully saturated rings. The first-order valence-corrected chi connectivity index (χ1v) is 7.18. The van der Waals surface area contributed by atoms with Gasteiger partial charge in [-0.3, -0.25) is 4.79 Å². The maximum Gasteiger partial charge on any atom is 0.281 e. The molecule has 0 spiro atoms. The summed E-state index contributed by atoms with van der Waals surface area (Å²) in [5.74, 6) is -0.383. The van der Waals surface area contributed by atoms with Crippen LogP contribution in [0.1, 0.15) is 15.2 Å². The van der Waals surface area contributed by atoms with Crippen molar-refractivity contribution in [1.29, 1.82) is 0 Å². The second kappa shape index (κ2) is 6.18. The molecule has 0 bridgehead atoms. The van der Waals surface area contributed by atoms with Gasteiger partial charge in [0, 0.05) is 10.0 Å². The number of carbonyl (C=O) groups is 1. The molecule has 0 atom stereocenters. The average Bonchev–Trinajstić information content (AvgIpc) is 2.88. The summed E-state index contributed by atoms with van der Waals surface area (Å²) in [5.41, 5.74) is 2.78. The second-order valence-electron chi connectivity index (χ2n) is 3.50. The third-order valence-corrected chi connectivity index (χ3v) is 3.79. The van der Waals surface area contributed by atoms with E-state index in [9.17, 15) is 9.90 Å². The number of carbonyl (C=O) groups excluding carboxylic acids is 1. The van der Waals surface area contributed by atoms with Crippen LogP contribution in [0.3, 0.4) is 0 Å². The zero-order valence-corrected chi connectivity index (χ0v) is 12.6. The Bertz CT molecular complexity index is 629. The third kappa shape index (κ3) is 3.56. The van der Waals surface area contributed by atoms with Crippen molar-refractivity contribution in [3.05, 3.63) is 49.6 Å². The molecule has 2 aromatic rings. The van der Waals surface area contributed by atoms with E-state index in [0.717, 1.165) is 0 Å². The van der Waals surface area contributed by atoms with Crippen molar-refractivity contribution in [3.8, 4) is 5.75 Å². The van der Waals surface area contributed by atoms with Crippen LogP contribution in [0.5, 0.6) is 5.75 Å². The summed E-state index contributed by atoms with van der Waals surface area (Å²) < 4.78 is 0.710. The van der Waals surface area contributed by atoms with Gasteiger partial charge in [0.1, 0.15) is 5.75 Å². The molecule has 1 aromatic heterocycles. The Balaban J connectivity index is 2.09. The number of phenols is 1. The number of aromatic hydroxyl groups is 1. The number of hydrogen-bond donors (Lipinski definition) is 2. The Labute approximate surface area is 126 Å². The van der Waals surface area contributed by atoms with Gasteiger partial charge in [-0.2, -0.15) is 5.10 Å². The molecule has 4 nitrogen and oxygen atoms in total. The summed E-state index contributed by atoms with van der Waals surface area (Å²) in [7, 11) is 0. The molecule has 1 aromatic carbocycles. The highest BCUT2D eigenvalue weighted by molar-refractivity contribution is 9.10. The predicted molar refractivity (Wildman–Crippen MR) is 80.2 cm³/mol. The number of nitrogens with zero attached hydrogens (tertiary/aromatic N) is 1. The van der Waals surface area contributed by atoms with Gasteiger partial charge < -0.3 is 5.11 Å². The number of amides is 1. The molecule has 2 rings (SSSR count). The molecule has 0 radical (unpaired) electrons. The van der Waals surface area contributed by atoms with Gasteiger partial charge in [-0.15, -0.1) is 11.3 Å². The van der Waals surface area contributed by atoms with E-state index in [4.69, 9.17) is 11.6 Å². The average molecular weight is 360 g/mol. The molecule has 2 N–H and O–H groups in total. The lowest BCUT2D eigenvalue weighted by Crippen LogP contribution is -2.16. The molecule has 0 aliphatic carbocycles. The lowest BCUT2D eigenvalue weighted by molar-refractivity contribution is 0.0959. The van der Waals surface area contributed by atoms with E-state index in [0.29, 0.717) is 14.9 Å². The summed E-state index contributed by atoms with van der Waals surface area (Å²) in [5, 5.41) is 15.5. The molecule has 7 heteroatoms. The quantitative estimate of drug-likeness (QED) is 0.649. The third-order valence-electron chi connectivity index (χ3n) is 2.17. The van der Waals surface area contributed by atoms with Crippen molar-refractivity contribution in [3.63, 3.8) is 0 Å². The molecular formula is C12H8BrClN2O2S. The van der Waals surface area contributed by atoms with Crippen LogP contribution in [0.2, 0.25) is 5.02 Å². The number of thiophene rings is 1. The van der Waals surface area contributed by atoms with Crippen LogP contribution in [0.15, 0.2) is 39.2 Å². The van der Waals surface area contributed by atoms with Gasteiger partial charge in [-0.05, 0) is 23.6 Å². The molecule has 0 aliphatic heterocycles. The topological polar surface area (TPSA) is 61.7 Å². The molecule has 98 valence electrons. The molecule has 1 heterocycles. The van der Waals surface area contributed by atoms with E-state index >= 15 is 0 Å². The number of phenolic OH excluding ortho intramolecular Hbond substituents is 1. The molecule has 0 saturated carbocycles. The number of halogens is 2. The second-order valence-corrected chi connectivity index (χ2v) is 5.77. The fraction of sp³-hybridized carbons (Fsp3) is 0. The fourth-order valence-corrected chi connectivity index (χ4v) is 2.76. The highest BCUT2D eigenvalue weighted by Gasteiger charge is 2.07. The van der Waals surface area contributed by atoms with Crippen LogP contribution in [0.25, 0.3) is 0 Å². The predicted octanol–water partition coefficient (Wildman–Crippen LogP) is 3.63. The van der Waals surface area contributed by atoms with Gasteiger partial charge >= 0.3 is 0 Å². The Hall–Kier alpha value is -1.37. The molecular weight excluding hydrogens is 352 g/mol. The van der Waals surface area contributed by atoms with Crippen LogP contribution < -0.4 is 5.43 Å². The highest BCUT2D eigenvalue weighted by Crippen LogP contribution is 2.30.